The summed E-state index contributed by atoms with van der Waals surface area (Å²) in [6, 6.07) is 17.7. The molecule has 1 aliphatic heterocycles. The molecule has 0 bridgehead atoms. The van der Waals surface area contributed by atoms with Gasteiger partial charge in [-0.25, -0.2) is 4.98 Å². The first kappa shape index (κ1) is 20.9. The summed E-state index contributed by atoms with van der Waals surface area (Å²) >= 11 is 0. The SMILES string of the molecule is N#Cc1ccccc1S(=O)(=O)n1ncc2cnc(Nc3ccc(N4CCNCC4)cc3)cc21. The summed E-state index contributed by atoms with van der Waals surface area (Å²) in [5.41, 5.74) is 2.44. The summed E-state index contributed by atoms with van der Waals surface area (Å²) in [7, 11) is -4.06. The topological polar surface area (TPSA) is 116 Å². The highest BCUT2D eigenvalue weighted by atomic mass is 32.2. The van der Waals surface area contributed by atoms with E-state index in [0.717, 1.165) is 41.6 Å². The van der Waals surface area contributed by atoms with Crippen molar-refractivity contribution in [1.29, 1.82) is 5.26 Å². The second-order valence-corrected chi connectivity index (χ2v) is 9.37. The van der Waals surface area contributed by atoms with Crippen LogP contribution in [0.4, 0.5) is 17.2 Å². The number of fused-ring (bicyclic) bond motifs is 1. The number of anilines is 3. The lowest BCUT2D eigenvalue weighted by Crippen LogP contribution is -2.43. The quantitative estimate of drug-likeness (QED) is 0.468. The fraction of sp³-hybridized carbons (Fsp3) is 0.174. The monoisotopic (exact) mass is 459 g/mol. The maximum Gasteiger partial charge on any atom is 0.284 e. The molecule has 2 aromatic carbocycles. The molecule has 4 aromatic rings. The maximum absolute atomic E-state index is 13.2. The zero-order valence-electron chi connectivity index (χ0n) is 17.6. The molecule has 0 atom stereocenters. The normalized spacial score (nSPS) is 14.2. The smallest absolute Gasteiger partial charge is 0.284 e. The number of piperazine rings is 1. The van der Waals surface area contributed by atoms with Gasteiger partial charge < -0.3 is 15.5 Å². The molecule has 2 aromatic heterocycles. The van der Waals surface area contributed by atoms with E-state index >= 15 is 0 Å². The molecule has 0 spiro atoms. The molecule has 0 aliphatic carbocycles. The third-order valence-corrected chi connectivity index (χ3v) is 7.21. The Morgan fingerprint density at radius 1 is 1.03 bits per heavy atom. The Labute approximate surface area is 191 Å². The Bertz CT molecular complexity index is 1450. The molecule has 0 radical (unpaired) electrons. The molecule has 10 heteroatoms. The van der Waals surface area contributed by atoms with Gasteiger partial charge in [-0.1, -0.05) is 12.1 Å². The van der Waals surface area contributed by atoms with E-state index in [1.807, 2.05) is 18.2 Å². The van der Waals surface area contributed by atoms with Crippen molar-refractivity contribution in [3.05, 3.63) is 72.6 Å². The third kappa shape index (κ3) is 4.00. The molecule has 0 amide bonds. The van der Waals surface area contributed by atoms with Crippen LogP contribution in [0.5, 0.6) is 0 Å². The first-order chi connectivity index (χ1) is 16.1. The lowest BCUT2D eigenvalue weighted by atomic mass is 10.2. The maximum atomic E-state index is 13.2. The van der Waals surface area contributed by atoms with Gasteiger partial charge in [-0.2, -0.15) is 22.9 Å². The average Bonchev–Trinajstić information content (AvgIpc) is 3.29. The van der Waals surface area contributed by atoms with E-state index < -0.39 is 10.0 Å². The molecule has 2 N–H and O–H groups in total. The van der Waals surface area contributed by atoms with E-state index in [4.69, 9.17) is 0 Å². The van der Waals surface area contributed by atoms with Crippen molar-refractivity contribution >= 4 is 38.1 Å². The fourth-order valence-electron chi connectivity index (χ4n) is 3.86. The summed E-state index contributed by atoms with van der Waals surface area (Å²) in [5.74, 6) is 0.489. The number of hydrogen-bond donors (Lipinski definition) is 2. The number of aromatic nitrogens is 3. The van der Waals surface area contributed by atoms with Gasteiger partial charge in [-0.05, 0) is 36.4 Å². The number of nitrogens with zero attached hydrogens (tertiary/aromatic N) is 5. The summed E-state index contributed by atoms with van der Waals surface area (Å²) in [4.78, 5) is 6.62. The van der Waals surface area contributed by atoms with Crippen LogP contribution >= 0.6 is 0 Å². The van der Waals surface area contributed by atoms with Gasteiger partial charge in [-0.15, -0.1) is 0 Å². The molecular weight excluding hydrogens is 438 g/mol. The van der Waals surface area contributed by atoms with Crippen molar-refractivity contribution in [2.45, 2.75) is 4.90 Å². The van der Waals surface area contributed by atoms with Crippen molar-refractivity contribution < 1.29 is 8.42 Å². The van der Waals surface area contributed by atoms with Crippen LogP contribution in [0, 0.1) is 11.3 Å². The molecule has 1 fully saturated rings. The molecule has 3 heterocycles. The van der Waals surface area contributed by atoms with Gasteiger partial charge in [0, 0.05) is 55.2 Å². The lowest BCUT2D eigenvalue weighted by molar-refractivity contribution is 0.582. The molecule has 0 unspecified atom stereocenters. The van der Waals surface area contributed by atoms with Crippen LogP contribution < -0.4 is 15.5 Å². The first-order valence-electron chi connectivity index (χ1n) is 10.5. The van der Waals surface area contributed by atoms with E-state index in [-0.39, 0.29) is 10.5 Å². The van der Waals surface area contributed by atoms with Gasteiger partial charge in [0.05, 0.1) is 17.3 Å². The fourth-order valence-corrected chi connectivity index (χ4v) is 5.28. The van der Waals surface area contributed by atoms with Gasteiger partial charge in [0.2, 0.25) is 0 Å². The minimum Gasteiger partial charge on any atom is -0.369 e. The summed E-state index contributed by atoms with van der Waals surface area (Å²) < 4.78 is 27.4. The van der Waals surface area contributed by atoms with E-state index in [9.17, 15) is 13.7 Å². The second-order valence-electron chi connectivity index (χ2n) is 7.64. The van der Waals surface area contributed by atoms with Crippen LogP contribution in [-0.4, -0.2) is 48.8 Å². The molecule has 1 aliphatic rings. The number of rotatable bonds is 5. The van der Waals surface area contributed by atoms with Crippen LogP contribution in [0.3, 0.4) is 0 Å². The number of hydrogen-bond acceptors (Lipinski definition) is 8. The first-order valence-corrected chi connectivity index (χ1v) is 11.9. The Kier molecular flexibility index (Phi) is 5.42. The Balaban J connectivity index is 1.45. The van der Waals surface area contributed by atoms with Gasteiger partial charge >= 0.3 is 0 Å². The minimum atomic E-state index is -4.06. The Hall–Kier alpha value is -3.94. The lowest BCUT2D eigenvalue weighted by Gasteiger charge is -2.29. The molecule has 5 rings (SSSR count). The second kappa shape index (κ2) is 8.54. The molecule has 1 saturated heterocycles. The van der Waals surface area contributed by atoms with E-state index in [2.05, 4.69) is 37.7 Å². The van der Waals surface area contributed by atoms with Gasteiger partial charge in [0.15, 0.2) is 0 Å². The van der Waals surface area contributed by atoms with Crippen molar-refractivity contribution in [2.75, 3.05) is 36.4 Å². The summed E-state index contributed by atoms with van der Waals surface area (Å²) in [5, 5.41) is 20.6. The number of nitriles is 1. The number of pyridine rings is 1. The van der Waals surface area contributed by atoms with Crippen molar-refractivity contribution in [1.82, 2.24) is 19.5 Å². The number of benzene rings is 2. The average molecular weight is 460 g/mol. The van der Waals surface area contributed by atoms with E-state index in [1.165, 1.54) is 18.3 Å². The minimum absolute atomic E-state index is 0.0677. The third-order valence-electron chi connectivity index (χ3n) is 5.55. The molecule has 9 nitrogen and oxygen atoms in total. The highest BCUT2D eigenvalue weighted by molar-refractivity contribution is 7.90. The molecule has 0 saturated carbocycles. The van der Waals surface area contributed by atoms with Crippen molar-refractivity contribution in [3.63, 3.8) is 0 Å². The van der Waals surface area contributed by atoms with Gasteiger partial charge in [-0.3, -0.25) is 0 Å². The van der Waals surface area contributed by atoms with Crippen molar-refractivity contribution in [3.8, 4) is 6.07 Å². The summed E-state index contributed by atoms with van der Waals surface area (Å²) in [6.45, 7) is 3.88. The highest BCUT2D eigenvalue weighted by Gasteiger charge is 2.24. The van der Waals surface area contributed by atoms with Crippen LogP contribution in [0.25, 0.3) is 10.9 Å². The standard InChI is InChI=1S/C23H21N7O2S/c24-14-17-3-1-2-4-22(17)33(31,32)30-21-13-23(26-15-18(21)16-27-30)28-19-5-7-20(8-6-19)29-11-9-25-10-12-29/h1-8,13,15-16,25H,9-12H2,(H,26,28). The Morgan fingerprint density at radius 3 is 2.55 bits per heavy atom. The molecule has 33 heavy (non-hydrogen) atoms. The largest absolute Gasteiger partial charge is 0.369 e. The predicted molar refractivity (Wildman–Crippen MR) is 126 cm³/mol. The van der Waals surface area contributed by atoms with E-state index in [0.29, 0.717) is 16.7 Å². The molecule has 166 valence electrons. The highest BCUT2D eigenvalue weighted by Crippen LogP contribution is 2.26. The van der Waals surface area contributed by atoms with Gasteiger partial charge in [0.25, 0.3) is 10.0 Å². The Morgan fingerprint density at radius 2 is 1.79 bits per heavy atom. The van der Waals surface area contributed by atoms with Gasteiger partial charge in [0.1, 0.15) is 16.8 Å². The number of nitrogens with one attached hydrogen (secondary N) is 2. The van der Waals surface area contributed by atoms with E-state index in [1.54, 1.807) is 24.4 Å². The van der Waals surface area contributed by atoms with Crippen LogP contribution in [0.15, 0.2) is 71.9 Å². The van der Waals surface area contributed by atoms with Crippen molar-refractivity contribution in [2.24, 2.45) is 0 Å². The zero-order valence-corrected chi connectivity index (χ0v) is 18.5. The van der Waals surface area contributed by atoms with Crippen LogP contribution in [0.1, 0.15) is 5.56 Å². The van der Waals surface area contributed by atoms with Crippen LogP contribution in [0.2, 0.25) is 0 Å². The predicted octanol–water partition coefficient (Wildman–Crippen LogP) is 2.69. The summed E-state index contributed by atoms with van der Waals surface area (Å²) in [6.07, 6.45) is 3.02. The molecular formula is C23H21N7O2S. The van der Waals surface area contributed by atoms with Crippen LogP contribution in [-0.2, 0) is 10.0 Å². The zero-order chi connectivity index (χ0) is 22.8.